The minimum atomic E-state index is -2.91. The van der Waals surface area contributed by atoms with E-state index in [0.29, 0.717) is 25.7 Å². The van der Waals surface area contributed by atoms with E-state index in [1.165, 1.54) is 7.11 Å². The van der Waals surface area contributed by atoms with Crippen molar-refractivity contribution in [3.63, 3.8) is 0 Å². The Morgan fingerprint density at radius 2 is 1.41 bits per heavy atom. The smallest absolute Gasteiger partial charge is 0.404 e. The van der Waals surface area contributed by atoms with Crippen molar-refractivity contribution in [1.82, 2.24) is 5.32 Å². The Morgan fingerprint density at radius 3 is 1.85 bits per heavy atom. The molecule has 0 saturated carbocycles. The Bertz CT molecular complexity index is 629. The lowest BCUT2D eigenvalue weighted by Gasteiger charge is -2.27. The molecule has 0 unspecified atom stereocenters. The third-order valence-electron chi connectivity index (χ3n) is 3.33. The van der Waals surface area contributed by atoms with Gasteiger partial charge in [-0.1, -0.05) is 0 Å². The van der Waals surface area contributed by atoms with Crippen LogP contribution in [0.3, 0.4) is 0 Å². The van der Waals surface area contributed by atoms with Crippen LogP contribution in [0.15, 0.2) is 0 Å². The lowest BCUT2D eigenvalue weighted by atomic mass is 10.2. The van der Waals surface area contributed by atoms with Gasteiger partial charge in [0.1, 0.15) is 0 Å². The molecule has 12 heteroatoms. The molecule has 0 aliphatic heterocycles. The fourth-order valence-corrected chi connectivity index (χ4v) is 4.45. The number of hydrogen-bond acceptors (Lipinski definition) is 5. The van der Waals surface area contributed by atoms with E-state index in [1.807, 2.05) is 0 Å². The molecule has 0 fully saturated rings. The molecular weight excluding hydrogens is 397 g/mol. The number of nitrogens with one attached hydrogen (secondary N) is 1. The highest BCUT2D eigenvalue weighted by atomic mass is 28.4. The number of benzene rings is 1. The fraction of sp³-hybridized carbons (Fsp3) is 0.533. The summed E-state index contributed by atoms with van der Waals surface area (Å²) in [4.78, 5) is 11.6. The van der Waals surface area contributed by atoms with Crippen LogP contribution in [0.4, 0.5) is 26.7 Å². The minimum absolute atomic E-state index is 0.0352. The molecule has 6 nitrogen and oxygen atoms in total. The van der Waals surface area contributed by atoms with E-state index in [-0.39, 0.29) is 6.54 Å². The van der Waals surface area contributed by atoms with Crippen molar-refractivity contribution >= 4 is 14.9 Å². The molecular formula is C15H20F5NO5Si. The summed E-state index contributed by atoms with van der Waals surface area (Å²) >= 11 is 0. The molecule has 0 aromatic heterocycles. The second kappa shape index (κ2) is 10.5. The zero-order valence-corrected chi connectivity index (χ0v) is 16.0. The van der Waals surface area contributed by atoms with E-state index in [1.54, 1.807) is 13.8 Å². The number of carbonyl (C=O) groups is 1. The maximum Gasteiger partial charge on any atom is 0.500 e. The molecule has 0 aliphatic rings. The highest BCUT2D eigenvalue weighted by molar-refractivity contribution is 6.60. The van der Waals surface area contributed by atoms with Gasteiger partial charge in [0.05, 0.1) is 0 Å². The zero-order valence-electron chi connectivity index (χ0n) is 15.0. The van der Waals surface area contributed by atoms with E-state index in [4.69, 9.17) is 13.3 Å². The van der Waals surface area contributed by atoms with Crippen LogP contribution in [0.5, 0.6) is 5.75 Å². The van der Waals surface area contributed by atoms with Crippen LogP contribution in [-0.4, -0.2) is 41.8 Å². The summed E-state index contributed by atoms with van der Waals surface area (Å²) in [6.07, 6.45) is -1.08. The van der Waals surface area contributed by atoms with Gasteiger partial charge in [-0.25, -0.2) is 18.0 Å². The molecule has 0 spiro atoms. The van der Waals surface area contributed by atoms with Gasteiger partial charge < -0.3 is 23.3 Å². The molecule has 0 bridgehead atoms. The summed E-state index contributed by atoms with van der Waals surface area (Å²) in [5.74, 6) is -12.9. The lowest BCUT2D eigenvalue weighted by molar-refractivity contribution is 0.0860. The maximum absolute atomic E-state index is 13.5. The van der Waals surface area contributed by atoms with Crippen LogP contribution in [0.2, 0.25) is 6.04 Å². The first kappa shape index (κ1) is 23.3. The number of carbonyl (C=O) groups excluding carboxylic acids is 1. The van der Waals surface area contributed by atoms with Crippen LogP contribution in [0, 0.1) is 29.1 Å². The summed E-state index contributed by atoms with van der Waals surface area (Å²) in [5, 5.41) is 2.14. The highest BCUT2D eigenvalue weighted by Gasteiger charge is 2.38. The number of halogens is 5. The third-order valence-corrected chi connectivity index (χ3v) is 6.38. The molecule has 0 saturated heterocycles. The quantitative estimate of drug-likeness (QED) is 0.208. The summed E-state index contributed by atoms with van der Waals surface area (Å²) in [5.41, 5.74) is 0. The molecule has 1 aromatic carbocycles. The van der Waals surface area contributed by atoms with Gasteiger partial charge in [-0.15, -0.1) is 0 Å². The second-order valence-corrected chi connectivity index (χ2v) is 7.92. The molecule has 1 aromatic rings. The molecule has 0 heterocycles. The van der Waals surface area contributed by atoms with Gasteiger partial charge in [0.25, 0.3) is 0 Å². The van der Waals surface area contributed by atoms with Crippen LogP contribution in [0.25, 0.3) is 0 Å². The lowest BCUT2D eigenvalue weighted by Crippen LogP contribution is -2.45. The normalized spacial score (nSPS) is 11.6. The van der Waals surface area contributed by atoms with Crippen LogP contribution >= 0.6 is 0 Å². The Morgan fingerprint density at radius 1 is 0.926 bits per heavy atom. The predicted molar refractivity (Wildman–Crippen MR) is 85.7 cm³/mol. The standard InChI is InChI=1S/C15H20F5NO5Si/c1-4-24-27(23-3,25-5-2)8-6-7-21-15(22)26-14-12(19)10(17)9(16)11(18)13(14)20/h4-8H2,1-3H3,(H,21,22). The van der Waals surface area contributed by atoms with Gasteiger partial charge >= 0.3 is 14.9 Å². The Hall–Kier alpha value is -1.76. The van der Waals surface area contributed by atoms with Gasteiger partial charge in [-0.05, 0) is 20.3 Å². The first-order valence-electron chi connectivity index (χ1n) is 8.03. The molecule has 0 atom stereocenters. The van der Waals surface area contributed by atoms with Gasteiger partial charge in [0, 0.05) is 32.9 Å². The summed E-state index contributed by atoms with van der Waals surface area (Å²) in [7, 11) is -1.47. The molecule has 0 radical (unpaired) electrons. The minimum Gasteiger partial charge on any atom is -0.404 e. The Kier molecular flexibility index (Phi) is 9.09. The maximum atomic E-state index is 13.5. The topological polar surface area (TPSA) is 66.0 Å². The Balaban J connectivity index is 2.65. The number of rotatable bonds is 10. The largest absolute Gasteiger partial charge is 0.500 e. The summed E-state index contributed by atoms with van der Waals surface area (Å²) in [6.45, 7) is 4.21. The average Bonchev–Trinajstić information content (AvgIpc) is 2.65. The predicted octanol–water partition coefficient (Wildman–Crippen LogP) is 3.52. The summed E-state index contributed by atoms with van der Waals surface area (Å²) < 4.78 is 86.6. The number of ether oxygens (including phenoxy) is 1. The van der Waals surface area contributed by atoms with Gasteiger partial charge in [-0.2, -0.15) is 8.78 Å². The highest BCUT2D eigenvalue weighted by Crippen LogP contribution is 2.29. The van der Waals surface area contributed by atoms with Crippen LogP contribution < -0.4 is 10.1 Å². The first-order chi connectivity index (χ1) is 12.7. The third kappa shape index (κ3) is 5.86. The van der Waals surface area contributed by atoms with E-state index in [9.17, 15) is 26.7 Å². The van der Waals surface area contributed by atoms with Crippen LogP contribution in [-0.2, 0) is 13.3 Å². The van der Waals surface area contributed by atoms with Crippen molar-refractivity contribution in [2.45, 2.75) is 26.3 Å². The monoisotopic (exact) mass is 417 g/mol. The average molecular weight is 417 g/mol. The second-order valence-electron chi connectivity index (χ2n) is 5.07. The SMILES string of the molecule is CCO[Si](CCCNC(=O)Oc1c(F)c(F)c(F)c(F)c1F)(OC)OCC. The fourth-order valence-electron chi connectivity index (χ4n) is 2.14. The zero-order chi connectivity index (χ0) is 20.6. The summed E-state index contributed by atoms with van der Waals surface area (Å²) in [6, 6.07) is 0.327. The van der Waals surface area contributed by atoms with Crippen molar-refractivity contribution in [2.75, 3.05) is 26.9 Å². The molecule has 154 valence electrons. The van der Waals surface area contributed by atoms with E-state index in [2.05, 4.69) is 10.1 Å². The van der Waals surface area contributed by atoms with Gasteiger partial charge in [-0.3, -0.25) is 0 Å². The van der Waals surface area contributed by atoms with E-state index < -0.39 is 49.7 Å². The van der Waals surface area contributed by atoms with E-state index in [0.717, 1.165) is 0 Å². The molecule has 0 aliphatic carbocycles. The molecule has 1 amide bonds. The van der Waals surface area contributed by atoms with Gasteiger partial charge in [0.2, 0.25) is 34.8 Å². The van der Waals surface area contributed by atoms with Crippen molar-refractivity contribution in [2.24, 2.45) is 0 Å². The van der Waals surface area contributed by atoms with Crippen LogP contribution in [0.1, 0.15) is 20.3 Å². The van der Waals surface area contributed by atoms with E-state index >= 15 is 0 Å². The number of hydrogen-bond donors (Lipinski definition) is 1. The van der Waals surface area contributed by atoms with Crippen molar-refractivity contribution in [1.29, 1.82) is 0 Å². The number of amides is 1. The molecule has 1 N–H and O–H groups in total. The van der Waals surface area contributed by atoms with Crippen molar-refractivity contribution in [3.8, 4) is 5.75 Å². The molecule has 27 heavy (non-hydrogen) atoms. The van der Waals surface area contributed by atoms with Crippen molar-refractivity contribution in [3.05, 3.63) is 29.1 Å². The van der Waals surface area contributed by atoms with Gasteiger partial charge in [0.15, 0.2) is 0 Å². The van der Waals surface area contributed by atoms with Crippen molar-refractivity contribution < 1.29 is 44.8 Å². The first-order valence-corrected chi connectivity index (χ1v) is 9.96. The Labute approximate surface area is 153 Å². The molecule has 1 rings (SSSR count).